The SMILES string of the molecule is Cc1c(C)n(-c2ccccc2)c2nc(C(=O)O)nc(N3CCCC3)c12. The minimum absolute atomic E-state index is 0.149. The molecule has 0 saturated carbocycles. The minimum atomic E-state index is -1.10. The molecule has 1 aromatic carbocycles. The van der Waals surface area contributed by atoms with E-state index in [0.29, 0.717) is 5.65 Å². The quantitative estimate of drug-likeness (QED) is 0.794. The summed E-state index contributed by atoms with van der Waals surface area (Å²) in [7, 11) is 0. The number of nitrogens with zero attached hydrogens (tertiary/aromatic N) is 4. The summed E-state index contributed by atoms with van der Waals surface area (Å²) in [5.74, 6) is -0.502. The molecule has 1 aliphatic heterocycles. The van der Waals surface area contributed by atoms with Crippen LogP contribution in [0.5, 0.6) is 0 Å². The van der Waals surface area contributed by atoms with Crippen LogP contribution in [0.1, 0.15) is 34.7 Å². The lowest BCUT2D eigenvalue weighted by Gasteiger charge is -2.18. The zero-order valence-corrected chi connectivity index (χ0v) is 14.4. The van der Waals surface area contributed by atoms with E-state index in [1.807, 2.05) is 41.8 Å². The van der Waals surface area contributed by atoms with Crippen molar-refractivity contribution in [1.29, 1.82) is 0 Å². The predicted octanol–water partition coefficient (Wildman–Crippen LogP) is 3.34. The molecule has 3 aromatic rings. The molecule has 4 rings (SSSR count). The van der Waals surface area contributed by atoms with E-state index in [1.165, 1.54) is 0 Å². The Hall–Kier alpha value is -2.89. The van der Waals surface area contributed by atoms with Gasteiger partial charge in [-0.2, -0.15) is 0 Å². The highest BCUT2D eigenvalue weighted by Gasteiger charge is 2.25. The Morgan fingerprint density at radius 3 is 2.40 bits per heavy atom. The van der Waals surface area contributed by atoms with Crippen LogP contribution in [-0.2, 0) is 0 Å². The largest absolute Gasteiger partial charge is 0.475 e. The van der Waals surface area contributed by atoms with E-state index < -0.39 is 5.97 Å². The Balaban J connectivity index is 2.07. The van der Waals surface area contributed by atoms with Gasteiger partial charge >= 0.3 is 5.97 Å². The summed E-state index contributed by atoms with van der Waals surface area (Å²) >= 11 is 0. The Labute approximate surface area is 145 Å². The second kappa shape index (κ2) is 5.88. The van der Waals surface area contributed by atoms with E-state index in [9.17, 15) is 9.90 Å². The molecule has 2 aromatic heterocycles. The number of hydrogen-bond acceptors (Lipinski definition) is 4. The van der Waals surface area contributed by atoms with E-state index in [-0.39, 0.29) is 5.82 Å². The van der Waals surface area contributed by atoms with Crippen LogP contribution in [0.15, 0.2) is 30.3 Å². The number of carboxylic acid groups (broad SMARTS) is 1. The van der Waals surface area contributed by atoms with E-state index in [2.05, 4.69) is 21.8 Å². The minimum Gasteiger partial charge on any atom is -0.475 e. The maximum atomic E-state index is 11.6. The van der Waals surface area contributed by atoms with Crippen molar-refractivity contribution in [2.45, 2.75) is 26.7 Å². The number of aromatic nitrogens is 3. The number of rotatable bonds is 3. The molecule has 0 aliphatic carbocycles. The van der Waals surface area contributed by atoms with Crippen molar-refractivity contribution in [3.8, 4) is 5.69 Å². The molecule has 6 nitrogen and oxygen atoms in total. The third-order valence-electron chi connectivity index (χ3n) is 4.95. The molecule has 1 saturated heterocycles. The van der Waals surface area contributed by atoms with Gasteiger partial charge in [0.2, 0.25) is 5.82 Å². The van der Waals surface area contributed by atoms with E-state index in [1.54, 1.807) is 0 Å². The third-order valence-corrected chi connectivity index (χ3v) is 4.95. The molecule has 0 spiro atoms. The molecule has 128 valence electrons. The summed E-state index contributed by atoms with van der Waals surface area (Å²) < 4.78 is 2.03. The van der Waals surface area contributed by atoms with Crippen LogP contribution < -0.4 is 4.90 Å². The summed E-state index contributed by atoms with van der Waals surface area (Å²) in [6.07, 6.45) is 2.21. The molecule has 1 N–H and O–H groups in total. The van der Waals surface area contributed by atoms with Gasteiger partial charge < -0.3 is 10.0 Å². The normalized spacial score (nSPS) is 14.4. The Bertz CT molecular complexity index is 957. The molecule has 1 aliphatic rings. The predicted molar refractivity (Wildman–Crippen MR) is 96.7 cm³/mol. The first kappa shape index (κ1) is 15.6. The lowest BCUT2D eigenvalue weighted by Crippen LogP contribution is -2.21. The number of carbonyl (C=O) groups is 1. The Morgan fingerprint density at radius 2 is 1.76 bits per heavy atom. The second-order valence-electron chi connectivity index (χ2n) is 6.45. The van der Waals surface area contributed by atoms with Crippen molar-refractivity contribution >= 4 is 22.8 Å². The van der Waals surface area contributed by atoms with Gasteiger partial charge in [0.1, 0.15) is 5.82 Å². The van der Waals surface area contributed by atoms with Crippen molar-refractivity contribution in [2.75, 3.05) is 18.0 Å². The average molecular weight is 336 g/mol. The zero-order chi connectivity index (χ0) is 17.6. The molecule has 25 heavy (non-hydrogen) atoms. The summed E-state index contributed by atoms with van der Waals surface area (Å²) in [6.45, 7) is 5.90. The van der Waals surface area contributed by atoms with Crippen LogP contribution in [-0.4, -0.2) is 38.7 Å². The molecular weight excluding hydrogens is 316 g/mol. The fraction of sp³-hybridized carbons (Fsp3) is 0.316. The van der Waals surface area contributed by atoms with Crippen LogP contribution in [0, 0.1) is 13.8 Å². The van der Waals surface area contributed by atoms with Crippen LogP contribution in [0.2, 0.25) is 0 Å². The van der Waals surface area contributed by atoms with Gasteiger partial charge in [0, 0.05) is 24.5 Å². The summed E-state index contributed by atoms with van der Waals surface area (Å²) in [5.41, 5.74) is 3.78. The van der Waals surface area contributed by atoms with Gasteiger partial charge in [-0.15, -0.1) is 0 Å². The maximum absolute atomic E-state index is 11.6. The highest BCUT2D eigenvalue weighted by molar-refractivity contribution is 5.96. The number of aromatic carboxylic acids is 1. The highest BCUT2D eigenvalue weighted by Crippen LogP contribution is 2.34. The van der Waals surface area contributed by atoms with Gasteiger partial charge in [-0.1, -0.05) is 18.2 Å². The molecular formula is C19H20N4O2. The summed E-state index contributed by atoms with van der Waals surface area (Å²) in [4.78, 5) is 22.6. The first-order chi connectivity index (χ1) is 12.1. The van der Waals surface area contributed by atoms with Gasteiger partial charge in [0.05, 0.1) is 5.39 Å². The van der Waals surface area contributed by atoms with Crippen LogP contribution in [0.25, 0.3) is 16.7 Å². The smallest absolute Gasteiger partial charge is 0.374 e. The lowest BCUT2D eigenvalue weighted by atomic mass is 10.2. The van der Waals surface area contributed by atoms with E-state index in [0.717, 1.165) is 54.1 Å². The monoisotopic (exact) mass is 336 g/mol. The fourth-order valence-electron chi connectivity index (χ4n) is 3.59. The van der Waals surface area contributed by atoms with Crippen LogP contribution in [0.3, 0.4) is 0 Å². The van der Waals surface area contributed by atoms with Crippen molar-refractivity contribution in [3.05, 3.63) is 47.4 Å². The fourth-order valence-corrected chi connectivity index (χ4v) is 3.59. The molecule has 6 heteroatoms. The molecule has 3 heterocycles. The van der Waals surface area contributed by atoms with Gasteiger partial charge in [-0.25, -0.2) is 14.8 Å². The van der Waals surface area contributed by atoms with Gasteiger partial charge in [0.15, 0.2) is 5.65 Å². The number of fused-ring (bicyclic) bond motifs is 1. The number of carboxylic acids is 1. The second-order valence-corrected chi connectivity index (χ2v) is 6.45. The van der Waals surface area contributed by atoms with E-state index in [4.69, 9.17) is 0 Å². The number of aryl methyl sites for hydroxylation is 1. The first-order valence-electron chi connectivity index (χ1n) is 8.51. The van der Waals surface area contributed by atoms with Gasteiger partial charge in [-0.05, 0) is 44.4 Å². The molecule has 0 unspecified atom stereocenters. The maximum Gasteiger partial charge on any atom is 0.374 e. The Morgan fingerprint density at radius 1 is 1.08 bits per heavy atom. The first-order valence-corrected chi connectivity index (χ1v) is 8.51. The van der Waals surface area contributed by atoms with Crippen LogP contribution in [0.4, 0.5) is 5.82 Å². The average Bonchev–Trinajstić information content (AvgIpc) is 3.23. The van der Waals surface area contributed by atoms with Crippen molar-refractivity contribution in [1.82, 2.24) is 14.5 Å². The molecule has 0 radical (unpaired) electrons. The topological polar surface area (TPSA) is 71.2 Å². The molecule has 1 fully saturated rings. The van der Waals surface area contributed by atoms with Crippen molar-refractivity contribution in [2.24, 2.45) is 0 Å². The van der Waals surface area contributed by atoms with Crippen molar-refractivity contribution < 1.29 is 9.90 Å². The summed E-state index contributed by atoms with van der Waals surface area (Å²) in [5, 5.41) is 10.4. The van der Waals surface area contributed by atoms with Crippen molar-refractivity contribution in [3.63, 3.8) is 0 Å². The van der Waals surface area contributed by atoms with Gasteiger partial charge in [-0.3, -0.25) is 4.57 Å². The Kier molecular flexibility index (Phi) is 3.67. The molecule has 0 atom stereocenters. The summed E-state index contributed by atoms with van der Waals surface area (Å²) in [6, 6.07) is 9.91. The van der Waals surface area contributed by atoms with E-state index >= 15 is 0 Å². The zero-order valence-electron chi connectivity index (χ0n) is 14.4. The number of benzene rings is 1. The lowest BCUT2D eigenvalue weighted by molar-refractivity contribution is 0.0684. The number of hydrogen-bond donors (Lipinski definition) is 1. The standard InChI is InChI=1S/C19H20N4O2/c1-12-13(2)23(14-8-4-3-5-9-14)18-15(12)17(22-10-6-7-11-22)20-16(21-18)19(24)25/h3-5,8-9H,6-7,10-11H2,1-2H3,(H,24,25). The van der Waals surface area contributed by atoms with Gasteiger partial charge in [0.25, 0.3) is 0 Å². The molecule has 0 bridgehead atoms. The number of anilines is 1. The number of para-hydroxylation sites is 1. The third kappa shape index (κ3) is 2.45. The molecule has 0 amide bonds. The highest BCUT2D eigenvalue weighted by atomic mass is 16.4. The van der Waals surface area contributed by atoms with Crippen LogP contribution >= 0.6 is 0 Å².